The molecule has 1 saturated heterocycles. The van der Waals surface area contributed by atoms with Gasteiger partial charge < -0.3 is 10.6 Å². The first-order valence-corrected chi connectivity index (χ1v) is 8.17. The summed E-state index contributed by atoms with van der Waals surface area (Å²) in [5, 5.41) is 4.30. The van der Waals surface area contributed by atoms with Crippen LogP contribution in [-0.2, 0) is 6.54 Å². The van der Waals surface area contributed by atoms with Gasteiger partial charge in [0.15, 0.2) is 0 Å². The highest BCUT2D eigenvalue weighted by Crippen LogP contribution is 2.26. The third-order valence-corrected chi connectivity index (χ3v) is 4.72. The van der Waals surface area contributed by atoms with Gasteiger partial charge >= 0.3 is 0 Å². The van der Waals surface area contributed by atoms with Gasteiger partial charge in [-0.2, -0.15) is 5.10 Å². The minimum absolute atomic E-state index is 0.0306. The van der Waals surface area contributed by atoms with Gasteiger partial charge in [0.2, 0.25) is 0 Å². The molecule has 0 radical (unpaired) electrons. The van der Waals surface area contributed by atoms with Crippen molar-refractivity contribution >= 4 is 21.6 Å². The van der Waals surface area contributed by atoms with E-state index in [2.05, 4.69) is 32.9 Å². The van der Waals surface area contributed by atoms with Crippen LogP contribution in [-0.4, -0.2) is 29.4 Å². The molecule has 0 saturated carbocycles. The van der Waals surface area contributed by atoms with Crippen LogP contribution in [0.15, 0.2) is 15.5 Å². The molecule has 5 nitrogen and oxygen atoms in total. The molecule has 1 aliphatic heterocycles. The van der Waals surface area contributed by atoms with Gasteiger partial charge in [0.05, 0.1) is 11.9 Å². The summed E-state index contributed by atoms with van der Waals surface area (Å²) in [5.74, 6) is 0.614. The lowest BCUT2D eigenvalue weighted by Gasteiger charge is -2.33. The number of anilines is 1. The summed E-state index contributed by atoms with van der Waals surface area (Å²) in [5.41, 5.74) is 6.60. The zero-order chi connectivity index (χ0) is 14.5. The van der Waals surface area contributed by atoms with Crippen molar-refractivity contribution < 1.29 is 0 Å². The van der Waals surface area contributed by atoms with E-state index in [9.17, 15) is 4.79 Å². The Morgan fingerprint density at radius 2 is 2.15 bits per heavy atom. The number of aryl methyl sites for hydroxylation is 1. The number of unbranched alkanes of at least 4 members (excludes halogenated alkanes) is 1. The summed E-state index contributed by atoms with van der Waals surface area (Å²) in [6.45, 7) is 5.44. The summed E-state index contributed by atoms with van der Waals surface area (Å²) in [7, 11) is 0. The topological polar surface area (TPSA) is 64.2 Å². The van der Waals surface area contributed by atoms with Gasteiger partial charge in [0.25, 0.3) is 5.56 Å². The van der Waals surface area contributed by atoms with E-state index in [0.717, 1.165) is 51.0 Å². The number of rotatable bonds is 5. The molecule has 2 N–H and O–H groups in total. The van der Waals surface area contributed by atoms with Crippen molar-refractivity contribution in [1.29, 1.82) is 0 Å². The zero-order valence-electron chi connectivity index (χ0n) is 12.0. The summed E-state index contributed by atoms with van der Waals surface area (Å²) in [6.07, 6.45) is 6.01. The highest BCUT2D eigenvalue weighted by Gasteiger charge is 2.21. The van der Waals surface area contributed by atoms with Crippen LogP contribution in [0.5, 0.6) is 0 Å². The maximum atomic E-state index is 12.3. The molecule has 1 fully saturated rings. The van der Waals surface area contributed by atoms with Crippen molar-refractivity contribution in [3.05, 3.63) is 21.0 Å². The second-order valence-electron chi connectivity index (χ2n) is 5.39. The lowest BCUT2D eigenvalue weighted by atomic mass is 9.97. The van der Waals surface area contributed by atoms with Crippen molar-refractivity contribution in [3.63, 3.8) is 0 Å². The van der Waals surface area contributed by atoms with Gasteiger partial charge in [0, 0.05) is 19.6 Å². The Balaban J connectivity index is 2.13. The van der Waals surface area contributed by atoms with Crippen LogP contribution in [0.25, 0.3) is 0 Å². The number of halogens is 1. The second-order valence-corrected chi connectivity index (χ2v) is 6.18. The Morgan fingerprint density at radius 3 is 2.75 bits per heavy atom. The SMILES string of the molecule is CCCCn1ncc(N2CCC(CN)CC2)c(Br)c1=O. The smallest absolute Gasteiger partial charge is 0.283 e. The van der Waals surface area contributed by atoms with E-state index in [1.54, 1.807) is 4.68 Å². The van der Waals surface area contributed by atoms with Gasteiger partial charge in [-0.1, -0.05) is 13.3 Å². The first-order valence-electron chi connectivity index (χ1n) is 7.38. The van der Waals surface area contributed by atoms with Crippen molar-refractivity contribution in [3.8, 4) is 0 Å². The summed E-state index contributed by atoms with van der Waals surface area (Å²) < 4.78 is 2.18. The molecule has 6 heteroatoms. The Labute approximate surface area is 128 Å². The summed E-state index contributed by atoms with van der Waals surface area (Å²) >= 11 is 3.45. The molecular formula is C14H23BrN4O. The summed E-state index contributed by atoms with van der Waals surface area (Å²) in [4.78, 5) is 14.5. The van der Waals surface area contributed by atoms with E-state index in [1.165, 1.54) is 0 Å². The second kappa shape index (κ2) is 7.22. The molecule has 1 aromatic heterocycles. The lowest BCUT2D eigenvalue weighted by Crippen LogP contribution is -2.37. The molecule has 0 aliphatic carbocycles. The van der Waals surface area contributed by atoms with Gasteiger partial charge in [-0.15, -0.1) is 0 Å². The van der Waals surface area contributed by atoms with E-state index in [0.29, 0.717) is 16.9 Å². The molecule has 2 rings (SSSR count). The number of nitrogens with zero attached hydrogens (tertiary/aromatic N) is 3. The monoisotopic (exact) mass is 342 g/mol. The molecular weight excluding hydrogens is 320 g/mol. The minimum atomic E-state index is -0.0306. The average molecular weight is 343 g/mol. The fourth-order valence-electron chi connectivity index (χ4n) is 2.55. The third kappa shape index (κ3) is 3.41. The van der Waals surface area contributed by atoms with E-state index < -0.39 is 0 Å². The van der Waals surface area contributed by atoms with Crippen LogP contribution in [0.3, 0.4) is 0 Å². The van der Waals surface area contributed by atoms with Gasteiger partial charge in [0.1, 0.15) is 4.47 Å². The fraction of sp³-hybridized carbons (Fsp3) is 0.714. The first kappa shape index (κ1) is 15.5. The standard InChI is InChI=1S/C14H23BrN4O/c1-2-3-6-19-14(20)13(15)12(10-17-19)18-7-4-11(9-16)5-8-18/h10-11H,2-9,16H2,1H3. The van der Waals surface area contributed by atoms with Gasteiger partial charge in [-0.25, -0.2) is 4.68 Å². The van der Waals surface area contributed by atoms with E-state index in [1.807, 2.05) is 6.20 Å². The van der Waals surface area contributed by atoms with Crippen molar-refractivity contribution in [2.45, 2.75) is 39.2 Å². The van der Waals surface area contributed by atoms with E-state index in [-0.39, 0.29) is 5.56 Å². The molecule has 2 heterocycles. The third-order valence-electron chi connectivity index (χ3n) is 3.98. The molecule has 1 aromatic rings. The Kier molecular flexibility index (Phi) is 5.60. The average Bonchev–Trinajstić information content (AvgIpc) is 2.49. The molecule has 0 amide bonds. The Hall–Kier alpha value is -0.880. The van der Waals surface area contributed by atoms with E-state index in [4.69, 9.17) is 5.73 Å². The van der Waals surface area contributed by atoms with Crippen molar-refractivity contribution in [1.82, 2.24) is 9.78 Å². The van der Waals surface area contributed by atoms with Crippen LogP contribution < -0.4 is 16.2 Å². The summed E-state index contributed by atoms with van der Waals surface area (Å²) in [6, 6.07) is 0. The molecule has 0 spiro atoms. The van der Waals surface area contributed by atoms with Crippen molar-refractivity contribution in [2.24, 2.45) is 11.7 Å². The Morgan fingerprint density at radius 1 is 1.45 bits per heavy atom. The highest BCUT2D eigenvalue weighted by atomic mass is 79.9. The first-order chi connectivity index (χ1) is 9.67. The number of aromatic nitrogens is 2. The maximum Gasteiger partial charge on any atom is 0.283 e. The zero-order valence-corrected chi connectivity index (χ0v) is 13.6. The number of nitrogens with two attached hydrogens (primary N) is 1. The maximum absolute atomic E-state index is 12.3. The minimum Gasteiger partial charge on any atom is -0.369 e. The number of hydrogen-bond acceptors (Lipinski definition) is 4. The van der Waals surface area contributed by atoms with Gasteiger partial charge in [-0.05, 0) is 47.7 Å². The van der Waals surface area contributed by atoms with E-state index >= 15 is 0 Å². The molecule has 1 aliphatic rings. The number of hydrogen-bond donors (Lipinski definition) is 1. The van der Waals surface area contributed by atoms with Crippen LogP contribution >= 0.6 is 15.9 Å². The largest absolute Gasteiger partial charge is 0.369 e. The molecule has 0 aromatic carbocycles. The van der Waals surface area contributed by atoms with Crippen LogP contribution in [0.1, 0.15) is 32.6 Å². The molecule has 0 atom stereocenters. The lowest BCUT2D eigenvalue weighted by molar-refractivity contribution is 0.413. The molecule has 0 unspecified atom stereocenters. The number of piperidine rings is 1. The van der Waals surface area contributed by atoms with Crippen LogP contribution in [0, 0.1) is 5.92 Å². The molecule has 112 valence electrons. The molecule has 20 heavy (non-hydrogen) atoms. The van der Waals surface area contributed by atoms with Gasteiger partial charge in [-0.3, -0.25) is 4.79 Å². The quantitative estimate of drug-likeness (QED) is 0.888. The fourth-order valence-corrected chi connectivity index (χ4v) is 3.11. The predicted molar refractivity (Wildman–Crippen MR) is 85.1 cm³/mol. The van der Waals surface area contributed by atoms with Crippen LogP contribution in [0.4, 0.5) is 5.69 Å². The predicted octanol–water partition coefficient (Wildman–Crippen LogP) is 1.98. The van der Waals surface area contributed by atoms with Crippen molar-refractivity contribution in [2.75, 3.05) is 24.5 Å². The molecule has 0 bridgehead atoms. The highest BCUT2D eigenvalue weighted by molar-refractivity contribution is 9.10. The Bertz CT molecular complexity index is 494. The normalized spacial score (nSPS) is 16.6. The van der Waals surface area contributed by atoms with Crippen LogP contribution in [0.2, 0.25) is 0 Å².